The second-order valence-corrected chi connectivity index (χ2v) is 9.80. The lowest BCUT2D eigenvalue weighted by atomic mass is 9.73. The lowest BCUT2D eigenvalue weighted by Gasteiger charge is -2.41. The van der Waals surface area contributed by atoms with Crippen molar-refractivity contribution in [2.75, 3.05) is 24.6 Å². The molecular weight excluding hydrogens is 434 g/mol. The smallest absolute Gasteiger partial charge is 0.257 e. The van der Waals surface area contributed by atoms with E-state index in [0.717, 1.165) is 53.7 Å². The van der Waals surface area contributed by atoms with Crippen LogP contribution < -0.4 is 16.2 Å². The first kappa shape index (κ1) is 20.8. The summed E-state index contributed by atoms with van der Waals surface area (Å²) in [6, 6.07) is 5.73. The van der Waals surface area contributed by atoms with Crippen LogP contribution in [0.2, 0.25) is 5.02 Å². The first-order valence-electron chi connectivity index (χ1n) is 10.4. The molecule has 2 atom stereocenters. The quantitative estimate of drug-likeness (QED) is 0.621. The molecule has 3 N–H and O–H groups in total. The van der Waals surface area contributed by atoms with Crippen molar-refractivity contribution in [3.8, 4) is 0 Å². The van der Waals surface area contributed by atoms with Gasteiger partial charge < -0.3 is 20.4 Å². The number of pyridine rings is 1. The minimum atomic E-state index is -0.198. The Labute approximate surface area is 189 Å². The molecule has 0 unspecified atom stereocenters. The Hall–Kier alpha value is -2.13. The Bertz CT molecular complexity index is 1160. The maximum absolute atomic E-state index is 12.2. The van der Waals surface area contributed by atoms with Crippen LogP contribution in [0.15, 0.2) is 51.5 Å². The number of nitrogens with zero attached hydrogens (tertiary/aromatic N) is 3. The van der Waals surface area contributed by atoms with E-state index in [2.05, 4.69) is 26.8 Å². The standard InChI is InChI=1S/C22H24ClN5O2S/c1-13-20(24)22(12-30-13)5-8-28(9-6-22)16-10-27-17(11-26-16)31-15-3-2-14-4-7-25-21(29)18(14)19(15)23/h2-4,7,10-11,13,20H,5-6,8-9,12,24H2,1H3,(H,25,29)/t13-,20+/m0/s1. The number of hydrogen-bond donors (Lipinski definition) is 2. The first-order valence-corrected chi connectivity index (χ1v) is 11.6. The van der Waals surface area contributed by atoms with Crippen molar-refractivity contribution in [3.63, 3.8) is 0 Å². The molecular formula is C22H24ClN5O2S. The summed E-state index contributed by atoms with van der Waals surface area (Å²) in [6.45, 7) is 4.60. The number of piperidine rings is 1. The van der Waals surface area contributed by atoms with E-state index in [1.807, 2.05) is 18.2 Å². The third kappa shape index (κ3) is 3.71. The summed E-state index contributed by atoms with van der Waals surface area (Å²) in [5, 5.41) is 2.46. The molecule has 0 saturated carbocycles. The number of benzene rings is 1. The Morgan fingerprint density at radius 2 is 2.06 bits per heavy atom. The largest absolute Gasteiger partial charge is 0.376 e. The van der Waals surface area contributed by atoms with Crippen molar-refractivity contribution in [3.05, 3.63) is 52.2 Å². The predicted octanol–water partition coefficient (Wildman–Crippen LogP) is 3.46. The molecule has 1 spiro atoms. The molecule has 162 valence electrons. The molecule has 0 amide bonds. The average Bonchev–Trinajstić information content (AvgIpc) is 3.05. The van der Waals surface area contributed by atoms with Gasteiger partial charge in [-0.2, -0.15) is 0 Å². The van der Waals surface area contributed by atoms with Crippen LogP contribution in [0.4, 0.5) is 5.82 Å². The minimum Gasteiger partial charge on any atom is -0.376 e. The lowest BCUT2D eigenvalue weighted by Crippen LogP contribution is -2.50. The van der Waals surface area contributed by atoms with Crippen molar-refractivity contribution >= 4 is 40.0 Å². The summed E-state index contributed by atoms with van der Waals surface area (Å²) in [7, 11) is 0. The molecule has 1 aromatic carbocycles. The molecule has 2 aliphatic rings. The summed E-state index contributed by atoms with van der Waals surface area (Å²) in [5.74, 6) is 0.862. The zero-order valence-corrected chi connectivity index (χ0v) is 18.7. The fraction of sp³-hybridized carbons (Fsp3) is 0.409. The fourth-order valence-corrected chi connectivity index (χ4v) is 5.73. The average molecular weight is 458 g/mol. The molecule has 4 heterocycles. The molecule has 3 aromatic rings. The van der Waals surface area contributed by atoms with Gasteiger partial charge in [0.1, 0.15) is 10.8 Å². The van der Waals surface area contributed by atoms with Gasteiger partial charge in [-0.25, -0.2) is 9.97 Å². The number of nitrogens with one attached hydrogen (secondary N) is 1. The summed E-state index contributed by atoms with van der Waals surface area (Å²) in [5.41, 5.74) is 6.30. The number of H-pyrrole nitrogens is 1. The Kier molecular flexibility index (Phi) is 5.42. The molecule has 2 saturated heterocycles. The number of fused-ring (bicyclic) bond motifs is 1. The highest BCUT2D eigenvalue weighted by Crippen LogP contribution is 2.42. The van der Waals surface area contributed by atoms with Gasteiger partial charge in [0, 0.05) is 35.6 Å². The molecule has 5 rings (SSSR count). The molecule has 0 aliphatic carbocycles. The molecule has 0 radical (unpaired) electrons. The first-order chi connectivity index (χ1) is 15.0. The summed E-state index contributed by atoms with van der Waals surface area (Å²) >= 11 is 7.91. The third-order valence-electron chi connectivity index (χ3n) is 6.60. The van der Waals surface area contributed by atoms with Crippen LogP contribution in [-0.2, 0) is 4.74 Å². The van der Waals surface area contributed by atoms with Gasteiger partial charge in [-0.3, -0.25) is 4.79 Å². The topological polar surface area (TPSA) is 97.1 Å². The van der Waals surface area contributed by atoms with E-state index in [0.29, 0.717) is 10.4 Å². The van der Waals surface area contributed by atoms with Gasteiger partial charge in [0.25, 0.3) is 5.56 Å². The van der Waals surface area contributed by atoms with Crippen molar-refractivity contribution < 1.29 is 4.74 Å². The number of ether oxygens (including phenoxy) is 1. The summed E-state index contributed by atoms with van der Waals surface area (Å²) in [4.78, 5) is 27.1. The van der Waals surface area contributed by atoms with Gasteiger partial charge in [0.15, 0.2) is 0 Å². The third-order valence-corrected chi connectivity index (χ3v) is 8.09. The number of halogens is 1. The number of rotatable bonds is 3. The van der Waals surface area contributed by atoms with E-state index in [4.69, 9.17) is 22.1 Å². The summed E-state index contributed by atoms with van der Waals surface area (Å²) in [6.07, 6.45) is 7.30. The molecule has 2 fully saturated rings. The van der Waals surface area contributed by atoms with Crippen LogP contribution in [0.5, 0.6) is 0 Å². The maximum Gasteiger partial charge on any atom is 0.257 e. The molecule has 0 bridgehead atoms. The van der Waals surface area contributed by atoms with E-state index < -0.39 is 0 Å². The highest BCUT2D eigenvalue weighted by atomic mass is 35.5. The van der Waals surface area contributed by atoms with Crippen LogP contribution in [0.25, 0.3) is 10.8 Å². The molecule has 2 aromatic heterocycles. The number of aromatic nitrogens is 3. The zero-order chi connectivity index (χ0) is 21.6. The molecule has 31 heavy (non-hydrogen) atoms. The van der Waals surface area contributed by atoms with Gasteiger partial charge in [-0.1, -0.05) is 29.4 Å². The van der Waals surface area contributed by atoms with E-state index in [9.17, 15) is 4.79 Å². The van der Waals surface area contributed by atoms with Crippen LogP contribution in [0.3, 0.4) is 0 Å². The summed E-state index contributed by atoms with van der Waals surface area (Å²) < 4.78 is 5.81. The number of aromatic amines is 1. The van der Waals surface area contributed by atoms with E-state index in [-0.39, 0.29) is 23.1 Å². The van der Waals surface area contributed by atoms with Crippen LogP contribution >= 0.6 is 23.4 Å². The van der Waals surface area contributed by atoms with Crippen LogP contribution in [0, 0.1) is 5.41 Å². The number of anilines is 1. The van der Waals surface area contributed by atoms with Crippen LogP contribution in [-0.4, -0.2) is 46.8 Å². The number of nitrogens with two attached hydrogens (primary N) is 1. The normalized spacial score (nSPS) is 23.0. The van der Waals surface area contributed by atoms with E-state index in [1.54, 1.807) is 18.6 Å². The fourth-order valence-electron chi connectivity index (χ4n) is 4.59. The van der Waals surface area contributed by atoms with Crippen molar-refractivity contribution in [1.82, 2.24) is 15.0 Å². The molecule has 9 heteroatoms. The molecule has 7 nitrogen and oxygen atoms in total. The van der Waals surface area contributed by atoms with E-state index in [1.165, 1.54) is 11.8 Å². The second kappa shape index (κ2) is 8.09. The van der Waals surface area contributed by atoms with Gasteiger partial charge >= 0.3 is 0 Å². The minimum absolute atomic E-state index is 0.0871. The van der Waals surface area contributed by atoms with Crippen molar-refractivity contribution in [2.45, 2.75) is 41.8 Å². The van der Waals surface area contributed by atoms with Gasteiger partial charge in [-0.15, -0.1) is 0 Å². The van der Waals surface area contributed by atoms with E-state index >= 15 is 0 Å². The second-order valence-electron chi connectivity index (χ2n) is 8.35. The molecule has 2 aliphatic heterocycles. The predicted molar refractivity (Wildman–Crippen MR) is 123 cm³/mol. The SMILES string of the molecule is C[C@@H]1OCC2(CCN(c3cnc(Sc4ccc5cc[nH]c(=O)c5c4Cl)cn3)CC2)[C@@H]1N. The monoisotopic (exact) mass is 457 g/mol. The maximum atomic E-state index is 12.2. The van der Waals surface area contributed by atoms with Gasteiger partial charge in [0.05, 0.1) is 35.5 Å². The highest BCUT2D eigenvalue weighted by Gasteiger charge is 2.47. The van der Waals surface area contributed by atoms with Crippen molar-refractivity contribution in [1.29, 1.82) is 0 Å². The number of hydrogen-bond acceptors (Lipinski definition) is 7. The van der Waals surface area contributed by atoms with Gasteiger partial charge in [-0.05, 0) is 37.3 Å². The zero-order valence-electron chi connectivity index (χ0n) is 17.2. The van der Waals surface area contributed by atoms with Crippen molar-refractivity contribution in [2.24, 2.45) is 11.1 Å². The van der Waals surface area contributed by atoms with Gasteiger partial charge in [0.2, 0.25) is 0 Å². The lowest BCUT2D eigenvalue weighted by molar-refractivity contribution is 0.0974. The Morgan fingerprint density at radius 1 is 1.26 bits per heavy atom. The highest BCUT2D eigenvalue weighted by molar-refractivity contribution is 7.99. The Balaban J connectivity index is 1.29. The van der Waals surface area contributed by atoms with Crippen LogP contribution in [0.1, 0.15) is 19.8 Å². The Morgan fingerprint density at radius 3 is 2.74 bits per heavy atom.